The van der Waals surface area contributed by atoms with Crippen LogP contribution in [0.15, 0.2) is 11.6 Å². The monoisotopic (exact) mass is 109 g/mol. The maximum Gasteiger partial charge on any atom is -0.0317 e. The highest BCUT2D eigenvalue weighted by molar-refractivity contribution is 5.07. The van der Waals surface area contributed by atoms with E-state index in [0.717, 1.165) is 0 Å². The summed E-state index contributed by atoms with van der Waals surface area (Å²) in [5, 5.41) is 0. The molecular formula is C8H13. The molecule has 0 atom stereocenters. The first-order valence-corrected chi connectivity index (χ1v) is 3.43. The topological polar surface area (TPSA) is 0 Å². The van der Waals surface area contributed by atoms with E-state index in [-0.39, 0.29) is 0 Å². The maximum atomic E-state index is 2.35. The summed E-state index contributed by atoms with van der Waals surface area (Å²) in [6, 6.07) is 0. The molecule has 1 aliphatic rings. The zero-order chi connectivity index (χ0) is 5.82. The number of hydrogen-bond donors (Lipinski definition) is 0. The van der Waals surface area contributed by atoms with Gasteiger partial charge in [-0.2, -0.15) is 0 Å². The zero-order valence-corrected chi connectivity index (χ0v) is 5.48. The Bertz CT molecular complexity index is 90.2. The Hall–Kier alpha value is -0.260. The minimum Gasteiger partial charge on any atom is -0.0851 e. The molecule has 0 spiro atoms. The van der Waals surface area contributed by atoms with Crippen LogP contribution in [0.5, 0.6) is 0 Å². The van der Waals surface area contributed by atoms with Gasteiger partial charge in [0.15, 0.2) is 0 Å². The van der Waals surface area contributed by atoms with Gasteiger partial charge < -0.3 is 0 Å². The van der Waals surface area contributed by atoms with Gasteiger partial charge in [-0.05, 0) is 32.1 Å². The molecule has 0 nitrogen and oxygen atoms in total. The lowest BCUT2D eigenvalue weighted by Gasteiger charge is -2.08. The summed E-state index contributed by atoms with van der Waals surface area (Å²) in [6.07, 6.45) is 9.79. The molecule has 0 fully saturated rings. The lowest BCUT2D eigenvalue weighted by atomic mass is 9.98. The second-order valence-corrected chi connectivity index (χ2v) is 2.28. The predicted molar refractivity (Wildman–Crippen MR) is 36.5 cm³/mol. The molecule has 45 valence electrons. The largest absolute Gasteiger partial charge is 0.0851 e. The first-order valence-electron chi connectivity index (χ1n) is 3.43. The average Bonchev–Trinajstić information content (AvgIpc) is 1.90. The minimum absolute atomic E-state index is 1.21. The van der Waals surface area contributed by atoms with Crippen LogP contribution in [0.1, 0.15) is 32.6 Å². The summed E-state index contributed by atoms with van der Waals surface area (Å²) >= 11 is 0. The second kappa shape index (κ2) is 2.91. The smallest absolute Gasteiger partial charge is 0.0317 e. The van der Waals surface area contributed by atoms with Gasteiger partial charge in [-0.25, -0.2) is 0 Å². The van der Waals surface area contributed by atoms with Gasteiger partial charge >= 0.3 is 0 Å². The third kappa shape index (κ3) is 1.36. The first kappa shape index (κ1) is 5.87. The van der Waals surface area contributed by atoms with Gasteiger partial charge in [0.25, 0.3) is 0 Å². The van der Waals surface area contributed by atoms with E-state index < -0.39 is 0 Å². The molecule has 0 aromatic heterocycles. The van der Waals surface area contributed by atoms with Crippen LogP contribution < -0.4 is 0 Å². The highest BCUT2D eigenvalue weighted by Crippen LogP contribution is 2.18. The third-order valence-corrected chi connectivity index (χ3v) is 1.70. The second-order valence-electron chi connectivity index (χ2n) is 2.28. The number of hydrogen-bond acceptors (Lipinski definition) is 0. The molecule has 0 aliphatic heterocycles. The van der Waals surface area contributed by atoms with Crippen molar-refractivity contribution in [1.29, 1.82) is 0 Å². The van der Waals surface area contributed by atoms with Gasteiger partial charge in [-0.1, -0.05) is 18.6 Å². The Labute approximate surface area is 51.6 Å². The van der Waals surface area contributed by atoms with Crippen LogP contribution in [0.3, 0.4) is 0 Å². The van der Waals surface area contributed by atoms with E-state index >= 15 is 0 Å². The van der Waals surface area contributed by atoms with Crippen molar-refractivity contribution in [3.8, 4) is 0 Å². The molecule has 0 saturated heterocycles. The highest BCUT2D eigenvalue weighted by atomic mass is 14.0. The highest BCUT2D eigenvalue weighted by Gasteiger charge is 1.99. The summed E-state index contributed by atoms with van der Waals surface area (Å²) in [6.45, 7) is 2.23. The van der Waals surface area contributed by atoms with Crippen LogP contribution >= 0.6 is 0 Å². The normalized spacial score (nSPS) is 20.4. The Kier molecular flexibility index (Phi) is 2.13. The molecule has 0 unspecified atom stereocenters. The van der Waals surface area contributed by atoms with Crippen molar-refractivity contribution < 1.29 is 0 Å². The fraction of sp³-hybridized carbons (Fsp3) is 0.625. The van der Waals surface area contributed by atoms with Crippen LogP contribution in [-0.2, 0) is 0 Å². The molecule has 1 radical (unpaired) electrons. The van der Waals surface area contributed by atoms with Crippen molar-refractivity contribution in [2.24, 2.45) is 0 Å². The fourth-order valence-corrected chi connectivity index (χ4v) is 1.08. The summed E-state index contributed by atoms with van der Waals surface area (Å²) in [5.74, 6) is 0. The molecule has 1 aliphatic carbocycles. The molecule has 0 bridgehead atoms. The van der Waals surface area contributed by atoms with E-state index in [1.54, 1.807) is 5.57 Å². The fourth-order valence-electron chi connectivity index (χ4n) is 1.08. The van der Waals surface area contributed by atoms with Crippen LogP contribution in [0, 0.1) is 6.42 Å². The number of rotatable bonds is 1. The van der Waals surface area contributed by atoms with Crippen molar-refractivity contribution in [2.45, 2.75) is 32.6 Å². The lowest BCUT2D eigenvalue weighted by molar-refractivity contribution is 0.805. The Morgan fingerprint density at radius 1 is 1.62 bits per heavy atom. The first-order chi connectivity index (χ1) is 3.93. The van der Waals surface area contributed by atoms with Gasteiger partial charge in [-0.3, -0.25) is 0 Å². The van der Waals surface area contributed by atoms with E-state index in [1.807, 2.05) is 0 Å². The van der Waals surface area contributed by atoms with Crippen molar-refractivity contribution in [1.82, 2.24) is 0 Å². The molecule has 0 N–H and O–H groups in total. The van der Waals surface area contributed by atoms with E-state index in [2.05, 4.69) is 19.4 Å². The standard InChI is InChI=1S/C8H13/c1-2-8-6-4-3-5-7-8/h3,6H,2,4-5,7H2,1H3. The molecule has 0 heteroatoms. The molecule has 1 rings (SSSR count). The van der Waals surface area contributed by atoms with Gasteiger partial charge in [-0.15, -0.1) is 0 Å². The number of allylic oxidation sites excluding steroid dienone is 2. The van der Waals surface area contributed by atoms with E-state index in [4.69, 9.17) is 0 Å². The van der Waals surface area contributed by atoms with E-state index in [9.17, 15) is 0 Å². The van der Waals surface area contributed by atoms with Crippen LogP contribution in [0.25, 0.3) is 0 Å². The summed E-state index contributed by atoms with van der Waals surface area (Å²) in [5.41, 5.74) is 1.65. The third-order valence-electron chi connectivity index (χ3n) is 1.70. The Morgan fingerprint density at radius 3 is 2.88 bits per heavy atom. The quantitative estimate of drug-likeness (QED) is 0.454. The van der Waals surface area contributed by atoms with Crippen molar-refractivity contribution >= 4 is 0 Å². The average molecular weight is 109 g/mol. The molecule has 0 heterocycles. The SMILES string of the molecule is CCC1=CC[CH]CC1. The summed E-state index contributed by atoms with van der Waals surface area (Å²) < 4.78 is 0. The molecular weight excluding hydrogens is 96.1 g/mol. The van der Waals surface area contributed by atoms with Crippen LogP contribution in [-0.4, -0.2) is 0 Å². The Morgan fingerprint density at radius 2 is 2.50 bits per heavy atom. The van der Waals surface area contributed by atoms with Gasteiger partial charge in [0.1, 0.15) is 0 Å². The molecule has 0 saturated carbocycles. The minimum atomic E-state index is 1.21. The molecule has 0 aromatic carbocycles. The zero-order valence-electron chi connectivity index (χ0n) is 5.48. The van der Waals surface area contributed by atoms with Gasteiger partial charge in [0.2, 0.25) is 0 Å². The van der Waals surface area contributed by atoms with Crippen molar-refractivity contribution in [2.75, 3.05) is 0 Å². The lowest BCUT2D eigenvalue weighted by Crippen LogP contribution is -1.89. The summed E-state index contributed by atoms with van der Waals surface area (Å²) in [4.78, 5) is 0. The van der Waals surface area contributed by atoms with Gasteiger partial charge in [0.05, 0.1) is 0 Å². The van der Waals surface area contributed by atoms with E-state index in [1.165, 1.54) is 25.7 Å². The van der Waals surface area contributed by atoms with Crippen LogP contribution in [0.4, 0.5) is 0 Å². The molecule has 8 heavy (non-hydrogen) atoms. The van der Waals surface area contributed by atoms with Crippen molar-refractivity contribution in [3.63, 3.8) is 0 Å². The molecule has 0 aromatic rings. The summed E-state index contributed by atoms with van der Waals surface area (Å²) in [7, 11) is 0. The van der Waals surface area contributed by atoms with Gasteiger partial charge in [0, 0.05) is 0 Å². The van der Waals surface area contributed by atoms with E-state index in [0.29, 0.717) is 0 Å². The predicted octanol–water partition coefficient (Wildman–Crippen LogP) is 2.71. The maximum absolute atomic E-state index is 2.35. The molecule has 0 amide bonds. The van der Waals surface area contributed by atoms with Crippen LogP contribution in [0.2, 0.25) is 0 Å². The van der Waals surface area contributed by atoms with Crippen molar-refractivity contribution in [3.05, 3.63) is 18.1 Å². The Balaban J connectivity index is 2.37.